The number of halogens is 1. The summed E-state index contributed by atoms with van der Waals surface area (Å²) in [6.07, 6.45) is 1.11. The summed E-state index contributed by atoms with van der Waals surface area (Å²) in [5.74, 6) is -0.389. The van der Waals surface area contributed by atoms with Crippen molar-refractivity contribution in [3.8, 4) is 10.6 Å². The standard InChI is InChI=1S/C18H17ClN4O3S2/c1-11-14(5-4-6-15(11)23(2)28(3,25)26)16(24)20-18-22-21-17(27-18)12-7-9-13(19)10-8-12/h4-10H,1-3H3,(H,20,22,24). The summed E-state index contributed by atoms with van der Waals surface area (Å²) in [7, 11) is -1.99. The predicted molar refractivity (Wildman–Crippen MR) is 113 cm³/mol. The average Bonchev–Trinajstić information content (AvgIpc) is 3.09. The molecular formula is C18H17ClN4O3S2. The normalized spacial score (nSPS) is 11.3. The van der Waals surface area contributed by atoms with E-state index in [4.69, 9.17) is 11.6 Å². The zero-order valence-corrected chi connectivity index (χ0v) is 17.7. The molecule has 3 rings (SSSR count). The van der Waals surface area contributed by atoms with Gasteiger partial charge in [-0.3, -0.25) is 14.4 Å². The molecule has 28 heavy (non-hydrogen) atoms. The first-order chi connectivity index (χ1) is 13.2. The Balaban J connectivity index is 1.83. The lowest BCUT2D eigenvalue weighted by molar-refractivity contribution is 0.102. The molecule has 0 aliphatic carbocycles. The van der Waals surface area contributed by atoms with Crippen molar-refractivity contribution in [2.24, 2.45) is 0 Å². The van der Waals surface area contributed by atoms with E-state index in [0.29, 0.717) is 32.0 Å². The number of carbonyl (C=O) groups is 1. The molecule has 7 nitrogen and oxygen atoms in total. The molecule has 0 fully saturated rings. The number of amides is 1. The molecule has 2 aromatic carbocycles. The maximum absolute atomic E-state index is 12.7. The number of rotatable bonds is 5. The molecule has 0 unspecified atom stereocenters. The van der Waals surface area contributed by atoms with Gasteiger partial charge in [0.25, 0.3) is 5.91 Å². The van der Waals surface area contributed by atoms with Gasteiger partial charge in [-0.05, 0) is 36.8 Å². The highest BCUT2D eigenvalue weighted by atomic mass is 35.5. The molecule has 0 saturated carbocycles. The number of anilines is 2. The van der Waals surface area contributed by atoms with Crippen LogP contribution < -0.4 is 9.62 Å². The minimum atomic E-state index is -3.44. The van der Waals surface area contributed by atoms with Gasteiger partial charge in [-0.1, -0.05) is 41.1 Å². The highest BCUT2D eigenvalue weighted by molar-refractivity contribution is 7.92. The second-order valence-electron chi connectivity index (χ2n) is 6.05. The van der Waals surface area contributed by atoms with Gasteiger partial charge in [-0.25, -0.2) is 8.42 Å². The Labute approximate surface area is 172 Å². The quantitative estimate of drug-likeness (QED) is 0.656. The average molecular weight is 437 g/mol. The zero-order valence-electron chi connectivity index (χ0n) is 15.3. The third-order valence-electron chi connectivity index (χ3n) is 4.12. The number of aromatic nitrogens is 2. The van der Waals surface area contributed by atoms with Gasteiger partial charge in [0.2, 0.25) is 15.2 Å². The van der Waals surface area contributed by atoms with Crippen molar-refractivity contribution in [2.75, 3.05) is 22.9 Å². The number of benzene rings is 2. The summed E-state index contributed by atoms with van der Waals surface area (Å²) in [4.78, 5) is 12.7. The predicted octanol–water partition coefficient (Wildman–Crippen LogP) is 3.82. The molecule has 0 radical (unpaired) electrons. The number of sulfonamides is 1. The summed E-state index contributed by atoms with van der Waals surface area (Å²) in [5, 5.41) is 12.4. The fourth-order valence-corrected chi connectivity index (χ4v) is 3.96. The van der Waals surface area contributed by atoms with E-state index in [9.17, 15) is 13.2 Å². The molecule has 1 amide bonds. The molecular weight excluding hydrogens is 420 g/mol. The summed E-state index contributed by atoms with van der Waals surface area (Å²) in [6, 6.07) is 12.1. The van der Waals surface area contributed by atoms with Crippen molar-refractivity contribution in [1.29, 1.82) is 0 Å². The Hall–Kier alpha value is -2.49. The van der Waals surface area contributed by atoms with Gasteiger partial charge in [0.1, 0.15) is 5.01 Å². The van der Waals surface area contributed by atoms with E-state index in [-0.39, 0.29) is 5.91 Å². The Kier molecular flexibility index (Phi) is 5.69. The van der Waals surface area contributed by atoms with Gasteiger partial charge in [-0.15, -0.1) is 10.2 Å². The van der Waals surface area contributed by atoms with Crippen molar-refractivity contribution in [3.05, 3.63) is 58.6 Å². The number of nitrogens with zero attached hydrogens (tertiary/aromatic N) is 3. The Bertz CT molecular complexity index is 1130. The van der Waals surface area contributed by atoms with Crippen LogP contribution in [0, 0.1) is 6.92 Å². The second-order valence-corrected chi connectivity index (χ2v) is 9.48. The third-order valence-corrected chi connectivity index (χ3v) is 6.45. The summed E-state index contributed by atoms with van der Waals surface area (Å²) >= 11 is 7.12. The van der Waals surface area contributed by atoms with Gasteiger partial charge in [-0.2, -0.15) is 0 Å². The van der Waals surface area contributed by atoms with Crippen LogP contribution in [0.15, 0.2) is 42.5 Å². The lowest BCUT2D eigenvalue weighted by Crippen LogP contribution is -2.26. The molecule has 146 valence electrons. The van der Waals surface area contributed by atoms with Crippen molar-refractivity contribution in [2.45, 2.75) is 6.92 Å². The van der Waals surface area contributed by atoms with Crippen molar-refractivity contribution in [1.82, 2.24) is 10.2 Å². The molecule has 10 heteroatoms. The molecule has 1 N–H and O–H groups in total. The van der Waals surface area contributed by atoms with Gasteiger partial charge in [0.15, 0.2) is 0 Å². The van der Waals surface area contributed by atoms with Gasteiger partial charge >= 0.3 is 0 Å². The minimum absolute atomic E-state index is 0.344. The number of nitrogens with one attached hydrogen (secondary N) is 1. The highest BCUT2D eigenvalue weighted by Crippen LogP contribution is 2.29. The monoisotopic (exact) mass is 436 g/mol. The molecule has 0 saturated heterocycles. The van der Waals surface area contributed by atoms with Crippen LogP contribution in [0.1, 0.15) is 15.9 Å². The van der Waals surface area contributed by atoms with Gasteiger partial charge < -0.3 is 0 Å². The molecule has 0 aliphatic heterocycles. The Morgan fingerprint density at radius 2 is 1.82 bits per heavy atom. The van der Waals surface area contributed by atoms with E-state index in [2.05, 4.69) is 15.5 Å². The van der Waals surface area contributed by atoms with E-state index in [1.54, 1.807) is 37.3 Å². The summed E-state index contributed by atoms with van der Waals surface area (Å²) in [6.45, 7) is 1.70. The molecule has 3 aromatic rings. The van der Waals surface area contributed by atoms with Crippen LogP contribution in [0.4, 0.5) is 10.8 Å². The largest absolute Gasteiger partial charge is 0.296 e. The molecule has 0 spiro atoms. The fourth-order valence-electron chi connectivity index (χ4n) is 2.54. The van der Waals surface area contributed by atoms with Crippen LogP contribution >= 0.6 is 22.9 Å². The van der Waals surface area contributed by atoms with E-state index in [0.717, 1.165) is 16.1 Å². The third kappa shape index (κ3) is 4.32. The van der Waals surface area contributed by atoms with Crippen molar-refractivity contribution >= 4 is 49.7 Å². The van der Waals surface area contributed by atoms with Crippen LogP contribution in [0.25, 0.3) is 10.6 Å². The van der Waals surface area contributed by atoms with E-state index in [1.807, 2.05) is 12.1 Å². The Morgan fingerprint density at radius 3 is 2.46 bits per heavy atom. The van der Waals surface area contributed by atoms with Crippen LogP contribution in [0.3, 0.4) is 0 Å². The number of hydrogen-bond acceptors (Lipinski definition) is 6. The van der Waals surface area contributed by atoms with Crippen LogP contribution in [-0.4, -0.2) is 37.8 Å². The highest BCUT2D eigenvalue weighted by Gasteiger charge is 2.19. The molecule has 1 aromatic heterocycles. The van der Waals surface area contributed by atoms with Crippen LogP contribution in [0.5, 0.6) is 0 Å². The molecule has 1 heterocycles. The van der Waals surface area contributed by atoms with Gasteiger partial charge in [0.05, 0.1) is 11.9 Å². The van der Waals surface area contributed by atoms with Crippen LogP contribution in [0.2, 0.25) is 5.02 Å². The summed E-state index contributed by atoms with van der Waals surface area (Å²) < 4.78 is 24.8. The maximum Gasteiger partial charge on any atom is 0.257 e. The first-order valence-corrected chi connectivity index (χ1v) is 11.2. The molecule has 0 aliphatic rings. The van der Waals surface area contributed by atoms with Crippen molar-refractivity contribution in [3.63, 3.8) is 0 Å². The second kappa shape index (κ2) is 7.86. The van der Waals surface area contributed by atoms with E-state index < -0.39 is 10.0 Å². The van der Waals surface area contributed by atoms with Gasteiger partial charge in [0, 0.05) is 23.2 Å². The lowest BCUT2D eigenvalue weighted by Gasteiger charge is -2.20. The number of carbonyl (C=O) groups excluding carboxylic acids is 1. The van der Waals surface area contributed by atoms with E-state index >= 15 is 0 Å². The molecule has 0 atom stereocenters. The number of hydrogen-bond donors (Lipinski definition) is 1. The first-order valence-electron chi connectivity index (χ1n) is 8.11. The van der Waals surface area contributed by atoms with E-state index in [1.165, 1.54) is 18.4 Å². The van der Waals surface area contributed by atoms with Crippen molar-refractivity contribution < 1.29 is 13.2 Å². The zero-order chi connectivity index (χ0) is 20.5. The fraction of sp³-hybridized carbons (Fsp3) is 0.167. The summed E-state index contributed by atoms with van der Waals surface area (Å²) in [5.41, 5.74) is 2.19. The SMILES string of the molecule is Cc1c(C(=O)Nc2nnc(-c3ccc(Cl)cc3)s2)cccc1N(C)S(C)(=O)=O. The first kappa shape index (κ1) is 20.2. The minimum Gasteiger partial charge on any atom is -0.296 e. The topological polar surface area (TPSA) is 92.3 Å². The maximum atomic E-state index is 12.7. The smallest absolute Gasteiger partial charge is 0.257 e. The van der Waals surface area contributed by atoms with Crippen LogP contribution in [-0.2, 0) is 10.0 Å². The Morgan fingerprint density at radius 1 is 1.14 bits per heavy atom. The lowest BCUT2D eigenvalue weighted by atomic mass is 10.1. The molecule has 0 bridgehead atoms.